The van der Waals surface area contributed by atoms with Crippen LogP contribution in [-0.2, 0) is 11.0 Å². The van der Waals surface area contributed by atoms with Gasteiger partial charge in [-0.3, -0.25) is 14.4 Å². The summed E-state index contributed by atoms with van der Waals surface area (Å²) in [6.07, 6.45) is -4.52. The second kappa shape index (κ2) is 11.2. The van der Waals surface area contributed by atoms with Gasteiger partial charge in [0, 0.05) is 34.7 Å². The number of nitrogens with one attached hydrogen (secondary N) is 4. The van der Waals surface area contributed by atoms with Crippen LogP contribution in [0.1, 0.15) is 33.2 Å². The molecule has 0 aliphatic carbocycles. The molecule has 0 fully saturated rings. The second-order valence-electron chi connectivity index (χ2n) is 7.45. The fourth-order valence-corrected chi connectivity index (χ4v) is 3.10. The predicted molar refractivity (Wildman–Crippen MR) is 127 cm³/mol. The van der Waals surface area contributed by atoms with Crippen molar-refractivity contribution in [2.75, 3.05) is 29.0 Å². The molecule has 0 spiro atoms. The van der Waals surface area contributed by atoms with Crippen LogP contribution in [0.25, 0.3) is 0 Å². The normalized spacial score (nSPS) is 10.9. The van der Waals surface area contributed by atoms with Crippen LogP contribution in [0.4, 0.5) is 30.2 Å². The van der Waals surface area contributed by atoms with E-state index in [1.807, 2.05) is 6.92 Å². The van der Waals surface area contributed by atoms with E-state index in [0.29, 0.717) is 23.5 Å². The quantitative estimate of drug-likeness (QED) is 0.371. The standard InChI is InChI=1S/C25H23F3N4O3/c1-2-29-23(34)16-9-11-19(12-10-16)31-22(33)15-30-20-7-3-5-17(13-20)24(35)32-21-8-4-6-18(14-21)25(26,27)28/h3-14,30H,2,15H2,1H3,(H,29,34)(H,31,33)(H,32,35). The number of anilines is 3. The molecule has 3 aromatic carbocycles. The van der Waals surface area contributed by atoms with Gasteiger partial charge in [-0.05, 0) is 67.6 Å². The summed E-state index contributed by atoms with van der Waals surface area (Å²) in [5.41, 5.74) is 0.816. The zero-order chi connectivity index (χ0) is 25.4. The molecular weight excluding hydrogens is 461 g/mol. The Balaban J connectivity index is 1.56. The number of halogens is 3. The maximum atomic E-state index is 12.9. The molecule has 0 radical (unpaired) electrons. The van der Waals surface area contributed by atoms with Crippen LogP contribution in [0.3, 0.4) is 0 Å². The topological polar surface area (TPSA) is 99.3 Å². The summed E-state index contributed by atoms with van der Waals surface area (Å²) in [7, 11) is 0. The lowest BCUT2D eigenvalue weighted by Crippen LogP contribution is -2.23. The Kier molecular flexibility index (Phi) is 8.08. The number of rotatable bonds is 8. The summed E-state index contributed by atoms with van der Waals surface area (Å²) >= 11 is 0. The fourth-order valence-electron chi connectivity index (χ4n) is 3.10. The van der Waals surface area contributed by atoms with E-state index in [2.05, 4.69) is 21.3 Å². The minimum Gasteiger partial charge on any atom is -0.376 e. The summed E-state index contributed by atoms with van der Waals surface area (Å²) < 4.78 is 38.6. The fraction of sp³-hybridized carbons (Fsp3) is 0.160. The number of alkyl halides is 3. The molecule has 0 aromatic heterocycles. The maximum absolute atomic E-state index is 12.9. The van der Waals surface area contributed by atoms with Crippen molar-refractivity contribution in [1.29, 1.82) is 0 Å². The number of amides is 3. The first kappa shape index (κ1) is 25.3. The predicted octanol–water partition coefficient (Wildman–Crippen LogP) is 4.76. The summed E-state index contributed by atoms with van der Waals surface area (Å²) in [4.78, 5) is 36.5. The summed E-state index contributed by atoms with van der Waals surface area (Å²) in [5.74, 6) is -1.15. The number of hydrogen-bond acceptors (Lipinski definition) is 4. The van der Waals surface area contributed by atoms with Gasteiger partial charge in [-0.25, -0.2) is 0 Å². The molecule has 0 unspecified atom stereocenters. The molecule has 0 saturated carbocycles. The molecule has 0 aliphatic heterocycles. The summed E-state index contributed by atoms with van der Waals surface area (Å²) in [6, 6.07) is 17.0. The van der Waals surface area contributed by atoms with Crippen molar-refractivity contribution in [1.82, 2.24) is 5.32 Å². The minimum absolute atomic E-state index is 0.0146. The van der Waals surface area contributed by atoms with E-state index >= 15 is 0 Å². The van der Waals surface area contributed by atoms with Crippen molar-refractivity contribution in [3.8, 4) is 0 Å². The van der Waals surface area contributed by atoms with Crippen LogP contribution in [0.2, 0.25) is 0 Å². The lowest BCUT2D eigenvalue weighted by atomic mass is 10.1. The zero-order valence-corrected chi connectivity index (χ0v) is 18.7. The van der Waals surface area contributed by atoms with E-state index in [1.54, 1.807) is 36.4 Å². The molecule has 10 heteroatoms. The van der Waals surface area contributed by atoms with Crippen LogP contribution in [0.5, 0.6) is 0 Å². The molecule has 35 heavy (non-hydrogen) atoms. The zero-order valence-electron chi connectivity index (χ0n) is 18.7. The van der Waals surface area contributed by atoms with Crippen molar-refractivity contribution in [3.63, 3.8) is 0 Å². The average Bonchev–Trinajstić information content (AvgIpc) is 2.83. The molecule has 0 heterocycles. The van der Waals surface area contributed by atoms with Gasteiger partial charge in [0.2, 0.25) is 5.91 Å². The number of benzene rings is 3. The highest BCUT2D eigenvalue weighted by molar-refractivity contribution is 6.05. The Hall–Kier alpha value is -4.34. The molecule has 0 bridgehead atoms. The van der Waals surface area contributed by atoms with E-state index in [-0.39, 0.29) is 29.6 Å². The molecule has 182 valence electrons. The third kappa shape index (κ3) is 7.32. The van der Waals surface area contributed by atoms with Crippen LogP contribution in [0, 0.1) is 0 Å². The van der Waals surface area contributed by atoms with Gasteiger partial charge in [0.25, 0.3) is 11.8 Å². The summed E-state index contributed by atoms with van der Waals surface area (Å²) in [5, 5.41) is 10.7. The molecule has 0 saturated heterocycles. The Morgan fingerprint density at radius 2 is 1.43 bits per heavy atom. The lowest BCUT2D eigenvalue weighted by molar-refractivity contribution is -0.137. The molecule has 4 N–H and O–H groups in total. The van der Waals surface area contributed by atoms with Crippen molar-refractivity contribution >= 4 is 34.8 Å². The van der Waals surface area contributed by atoms with E-state index in [4.69, 9.17) is 0 Å². The second-order valence-corrected chi connectivity index (χ2v) is 7.45. The van der Waals surface area contributed by atoms with Gasteiger partial charge >= 0.3 is 6.18 Å². The SMILES string of the molecule is CCNC(=O)c1ccc(NC(=O)CNc2cccc(C(=O)Nc3cccc(C(F)(F)F)c3)c2)cc1. The Morgan fingerprint density at radius 1 is 0.743 bits per heavy atom. The third-order valence-corrected chi connectivity index (χ3v) is 4.79. The first-order valence-corrected chi connectivity index (χ1v) is 10.7. The highest BCUT2D eigenvalue weighted by Gasteiger charge is 2.30. The Morgan fingerprint density at radius 3 is 2.11 bits per heavy atom. The van der Waals surface area contributed by atoms with E-state index < -0.39 is 17.6 Å². The van der Waals surface area contributed by atoms with Gasteiger partial charge in [-0.2, -0.15) is 13.2 Å². The maximum Gasteiger partial charge on any atom is 0.416 e. The van der Waals surface area contributed by atoms with Crippen LogP contribution in [0.15, 0.2) is 72.8 Å². The molecule has 7 nitrogen and oxygen atoms in total. The highest BCUT2D eigenvalue weighted by Crippen LogP contribution is 2.30. The van der Waals surface area contributed by atoms with Crippen molar-refractivity contribution in [2.45, 2.75) is 13.1 Å². The molecule has 3 aromatic rings. The molecule has 3 amide bonds. The van der Waals surface area contributed by atoms with Crippen LogP contribution < -0.4 is 21.3 Å². The lowest BCUT2D eigenvalue weighted by Gasteiger charge is -2.11. The third-order valence-electron chi connectivity index (χ3n) is 4.79. The van der Waals surface area contributed by atoms with E-state index in [9.17, 15) is 27.6 Å². The first-order valence-electron chi connectivity index (χ1n) is 10.7. The Bertz CT molecular complexity index is 1210. The molecule has 0 aliphatic rings. The molecular formula is C25H23F3N4O3. The van der Waals surface area contributed by atoms with Gasteiger partial charge in [0.15, 0.2) is 0 Å². The highest BCUT2D eigenvalue weighted by atomic mass is 19.4. The van der Waals surface area contributed by atoms with E-state index in [0.717, 1.165) is 12.1 Å². The van der Waals surface area contributed by atoms with E-state index in [1.165, 1.54) is 24.3 Å². The number of carbonyl (C=O) groups is 3. The van der Waals surface area contributed by atoms with Crippen LogP contribution >= 0.6 is 0 Å². The van der Waals surface area contributed by atoms with Gasteiger partial charge in [-0.1, -0.05) is 12.1 Å². The summed E-state index contributed by atoms with van der Waals surface area (Å²) in [6.45, 7) is 2.23. The van der Waals surface area contributed by atoms with Crippen molar-refractivity contribution < 1.29 is 27.6 Å². The van der Waals surface area contributed by atoms with Gasteiger partial charge < -0.3 is 21.3 Å². The molecule has 0 atom stereocenters. The van der Waals surface area contributed by atoms with Gasteiger partial charge in [-0.15, -0.1) is 0 Å². The average molecular weight is 484 g/mol. The minimum atomic E-state index is -4.52. The smallest absolute Gasteiger partial charge is 0.376 e. The van der Waals surface area contributed by atoms with Crippen molar-refractivity contribution in [3.05, 3.63) is 89.5 Å². The molecule has 3 rings (SSSR count). The van der Waals surface area contributed by atoms with Gasteiger partial charge in [0.1, 0.15) is 0 Å². The number of carbonyl (C=O) groups excluding carboxylic acids is 3. The van der Waals surface area contributed by atoms with Crippen molar-refractivity contribution in [2.24, 2.45) is 0 Å². The van der Waals surface area contributed by atoms with Crippen LogP contribution in [-0.4, -0.2) is 30.8 Å². The number of hydrogen-bond donors (Lipinski definition) is 4. The monoisotopic (exact) mass is 484 g/mol. The Labute approximate surface area is 199 Å². The largest absolute Gasteiger partial charge is 0.416 e. The van der Waals surface area contributed by atoms with Gasteiger partial charge in [0.05, 0.1) is 12.1 Å². The first-order chi connectivity index (χ1) is 16.7.